The average Bonchev–Trinajstić information content (AvgIpc) is 3.07. The molecular weight excluding hydrogens is 322 g/mol. The highest BCUT2D eigenvalue weighted by molar-refractivity contribution is 7.12. The highest BCUT2D eigenvalue weighted by Gasteiger charge is 2.13. The molecule has 0 spiro atoms. The van der Waals surface area contributed by atoms with Crippen LogP contribution in [0, 0.1) is 0 Å². The first-order valence-electron chi connectivity index (χ1n) is 8.08. The molecule has 5 heteroatoms. The van der Waals surface area contributed by atoms with Crippen LogP contribution in [0.2, 0.25) is 0 Å². The molecule has 0 aliphatic rings. The predicted octanol–water partition coefficient (Wildman–Crippen LogP) is 4.38. The summed E-state index contributed by atoms with van der Waals surface area (Å²) in [4.78, 5) is 24.6. The summed E-state index contributed by atoms with van der Waals surface area (Å²) in [5, 5.41) is 4.79. The van der Waals surface area contributed by atoms with E-state index in [-0.39, 0.29) is 36.7 Å². The Hall–Kier alpha value is -2.14. The van der Waals surface area contributed by atoms with E-state index in [9.17, 15) is 9.59 Å². The zero-order valence-electron chi connectivity index (χ0n) is 14.2. The van der Waals surface area contributed by atoms with Crippen molar-refractivity contribution in [3.05, 3.63) is 52.2 Å². The Morgan fingerprint density at radius 2 is 1.79 bits per heavy atom. The van der Waals surface area contributed by atoms with Crippen molar-refractivity contribution in [2.24, 2.45) is 0 Å². The molecule has 0 bridgehead atoms. The van der Waals surface area contributed by atoms with Gasteiger partial charge in [0.25, 0.3) is 0 Å². The molecule has 0 radical (unpaired) electrons. The number of rotatable bonds is 8. The summed E-state index contributed by atoms with van der Waals surface area (Å²) in [6, 6.07) is 11.2. The number of ether oxygens (including phenoxy) is 1. The summed E-state index contributed by atoms with van der Waals surface area (Å²) in [5.74, 6) is 0.715. The number of thiophene rings is 1. The Morgan fingerprint density at radius 1 is 1.08 bits per heavy atom. The molecule has 1 aromatic carbocycles. The van der Waals surface area contributed by atoms with Crippen molar-refractivity contribution in [2.45, 2.75) is 45.8 Å². The molecule has 1 heterocycles. The number of amides is 1. The molecule has 0 aliphatic heterocycles. The second kappa shape index (κ2) is 8.64. The van der Waals surface area contributed by atoms with Gasteiger partial charge in [-0.15, -0.1) is 11.3 Å². The molecule has 2 aromatic rings. The van der Waals surface area contributed by atoms with Crippen LogP contribution in [0.25, 0.3) is 0 Å². The van der Waals surface area contributed by atoms with Crippen LogP contribution in [-0.4, -0.2) is 17.8 Å². The van der Waals surface area contributed by atoms with E-state index in [1.54, 1.807) is 6.07 Å². The van der Waals surface area contributed by atoms with Gasteiger partial charge >= 0.3 is 0 Å². The maximum atomic E-state index is 12.0. The summed E-state index contributed by atoms with van der Waals surface area (Å²) in [5.41, 5.74) is 1.00. The largest absolute Gasteiger partial charge is 0.491 e. The van der Waals surface area contributed by atoms with Crippen molar-refractivity contribution in [3.8, 4) is 5.75 Å². The molecule has 4 nitrogen and oxygen atoms in total. The maximum Gasteiger partial charge on any atom is 0.220 e. The molecule has 0 saturated heterocycles. The lowest BCUT2D eigenvalue weighted by molar-refractivity contribution is -0.121. The molecule has 24 heavy (non-hydrogen) atoms. The van der Waals surface area contributed by atoms with E-state index in [1.165, 1.54) is 11.3 Å². The van der Waals surface area contributed by atoms with Crippen molar-refractivity contribution >= 4 is 23.0 Å². The number of Topliss-reactive ketones (excluding diaryl/α,β-unsaturated/α-hetero) is 1. The van der Waals surface area contributed by atoms with Gasteiger partial charge in [0.1, 0.15) is 5.75 Å². The number of carbonyl (C=O) groups is 2. The highest BCUT2D eigenvalue weighted by Crippen LogP contribution is 2.19. The fraction of sp³-hybridized carbons (Fsp3) is 0.368. The van der Waals surface area contributed by atoms with Crippen LogP contribution in [0.4, 0.5) is 0 Å². The summed E-state index contributed by atoms with van der Waals surface area (Å²) in [6.07, 6.45) is 0.574. The summed E-state index contributed by atoms with van der Waals surface area (Å²) < 4.78 is 5.61. The van der Waals surface area contributed by atoms with Crippen LogP contribution in [0.15, 0.2) is 41.8 Å². The molecule has 0 saturated carbocycles. The van der Waals surface area contributed by atoms with Gasteiger partial charge in [-0.1, -0.05) is 18.2 Å². The van der Waals surface area contributed by atoms with Crippen LogP contribution in [0.1, 0.15) is 54.9 Å². The maximum absolute atomic E-state index is 12.0. The number of ketones is 1. The van der Waals surface area contributed by atoms with Gasteiger partial charge in [0, 0.05) is 12.8 Å². The Bertz CT molecular complexity index is 662. The molecule has 1 unspecified atom stereocenters. The third-order valence-corrected chi connectivity index (χ3v) is 4.42. The third-order valence-electron chi connectivity index (χ3n) is 3.50. The SMILES string of the molecule is CC(C)Oc1ccc(C(C)NC(=O)CCC(=O)c2cccs2)cc1. The standard InChI is InChI=1S/C19H23NO3S/c1-13(2)23-16-8-6-15(7-9-16)14(3)20-19(22)11-10-17(21)18-5-4-12-24-18/h4-9,12-14H,10-11H2,1-3H3,(H,20,22). The van der Waals surface area contributed by atoms with Crippen molar-refractivity contribution in [2.75, 3.05) is 0 Å². The van der Waals surface area contributed by atoms with E-state index >= 15 is 0 Å². The van der Waals surface area contributed by atoms with Gasteiger partial charge in [0.15, 0.2) is 5.78 Å². The minimum atomic E-state index is -0.116. The molecule has 128 valence electrons. The second-order valence-corrected chi connectivity index (χ2v) is 6.87. The molecule has 1 aromatic heterocycles. The first-order valence-corrected chi connectivity index (χ1v) is 8.96. The van der Waals surface area contributed by atoms with E-state index in [1.807, 2.05) is 56.5 Å². The van der Waals surface area contributed by atoms with Crippen LogP contribution < -0.4 is 10.1 Å². The first-order chi connectivity index (χ1) is 11.5. The Morgan fingerprint density at radius 3 is 2.38 bits per heavy atom. The topological polar surface area (TPSA) is 55.4 Å². The first kappa shape index (κ1) is 18.2. The number of hydrogen-bond donors (Lipinski definition) is 1. The predicted molar refractivity (Wildman–Crippen MR) is 96.6 cm³/mol. The summed E-state index contributed by atoms with van der Waals surface area (Å²) >= 11 is 1.41. The Kier molecular flexibility index (Phi) is 6.55. The minimum Gasteiger partial charge on any atom is -0.491 e. The van der Waals surface area contributed by atoms with Crippen molar-refractivity contribution in [1.82, 2.24) is 5.32 Å². The van der Waals surface area contributed by atoms with Crippen molar-refractivity contribution < 1.29 is 14.3 Å². The fourth-order valence-electron chi connectivity index (χ4n) is 2.29. The number of hydrogen-bond acceptors (Lipinski definition) is 4. The molecule has 2 rings (SSSR count). The normalized spacial score (nSPS) is 12.0. The van der Waals surface area contributed by atoms with Gasteiger partial charge in [0.05, 0.1) is 17.0 Å². The minimum absolute atomic E-state index is 0.0167. The zero-order chi connectivity index (χ0) is 17.5. The lowest BCUT2D eigenvalue weighted by atomic mass is 10.1. The monoisotopic (exact) mass is 345 g/mol. The molecule has 0 fully saturated rings. The molecule has 1 atom stereocenters. The Labute approximate surface area is 146 Å². The summed E-state index contributed by atoms with van der Waals surface area (Å²) in [6.45, 7) is 5.89. The second-order valence-electron chi connectivity index (χ2n) is 5.93. The van der Waals surface area contributed by atoms with E-state index < -0.39 is 0 Å². The van der Waals surface area contributed by atoms with Crippen LogP contribution in [0.5, 0.6) is 5.75 Å². The van der Waals surface area contributed by atoms with Gasteiger partial charge in [-0.2, -0.15) is 0 Å². The van der Waals surface area contributed by atoms with Crippen LogP contribution >= 0.6 is 11.3 Å². The third kappa shape index (κ3) is 5.49. The quantitative estimate of drug-likeness (QED) is 0.723. The summed E-state index contributed by atoms with van der Waals surface area (Å²) in [7, 11) is 0. The van der Waals surface area contributed by atoms with E-state index in [0.717, 1.165) is 11.3 Å². The van der Waals surface area contributed by atoms with Gasteiger partial charge in [-0.05, 0) is 49.9 Å². The molecular formula is C19H23NO3S. The van der Waals surface area contributed by atoms with Crippen molar-refractivity contribution in [3.63, 3.8) is 0 Å². The van der Waals surface area contributed by atoms with Crippen molar-refractivity contribution in [1.29, 1.82) is 0 Å². The van der Waals surface area contributed by atoms with E-state index in [0.29, 0.717) is 4.88 Å². The number of benzene rings is 1. The molecule has 1 amide bonds. The van der Waals surface area contributed by atoms with Crippen LogP contribution in [-0.2, 0) is 4.79 Å². The lowest BCUT2D eigenvalue weighted by Gasteiger charge is -2.15. The smallest absolute Gasteiger partial charge is 0.220 e. The number of nitrogens with one attached hydrogen (secondary N) is 1. The highest BCUT2D eigenvalue weighted by atomic mass is 32.1. The van der Waals surface area contributed by atoms with Gasteiger partial charge < -0.3 is 10.1 Å². The Balaban J connectivity index is 1.81. The molecule has 0 aliphatic carbocycles. The average molecular weight is 345 g/mol. The van der Waals surface area contributed by atoms with Gasteiger partial charge in [-0.25, -0.2) is 0 Å². The van der Waals surface area contributed by atoms with E-state index in [2.05, 4.69) is 5.32 Å². The number of carbonyl (C=O) groups excluding carboxylic acids is 2. The van der Waals surface area contributed by atoms with E-state index in [4.69, 9.17) is 4.74 Å². The van der Waals surface area contributed by atoms with Gasteiger partial charge in [0.2, 0.25) is 5.91 Å². The fourth-order valence-corrected chi connectivity index (χ4v) is 2.99. The molecule has 1 N–H and O–H groups in total. The van der Waals surface area contributed by atoms with Gasteiger partial charge in [-0.3, -0.25) is 9.59 Å². The lowest BCUT2D eigenvalue weighted by Crippen LogP contribution is -2.26. The zero-order valence-corrected chi connectivity index (χ0v) is 15.1. The van der Waals surface area contributed by atoms with Crippen LogP contribution in [0.3, 0.4) is 0 Å².